The zero-order chi connectivity index (χ0) is 13.7. The minimum Gasteiger partial charge on any atom is -0.468 e. The van der Waals surface area contributed by atoms with Crippen LogP contribution in [0.15, 0.2) is 18.3 Å². The van der Waals surface area contributed by atoms with Crippen molar-refractivity contribution in [3.8, 4) is 0 Å². The van der Waals surface area contributed by atoms with Crippen LogP contribution >= 0.6 is 12.2 Å². The Kier molecular flexibility index (Phi) is 5.03. The maximum absolute atomic E-state index is 11.4. The number of thiocarbonyl (C=S) groups is 1. The van der Waals surface area contributed by atoms with Gasteiger partial charge in [-0.3, -0.25) is 4.79 Å². The van der Waals surface area contributed by atoms with Crippen molar-refractivity contribution in [2.24, 2.45) is 5.73 Å². The van der Waals surface area contributed by atoms with Gasteiger partial charge in [-0.15, -0.1) is 0 Å². The predicted molar refractivity (Wildman–Crippen MR) is 74.6 cm³/mol. The second-order valence-electron chi connectivity index (χ2n) is 4.06. The zero-order valence-corrected chi connectivity index (χ0v) is 11.5. The summed E-state index contributed by atoms with van der Waals surface area (Å²) in [5, 5.41) is 0. The van der Waals surface area contributed by atoms with Gasteiger partial charge in [0.05, 0.1) is 7.11 Å². The van der Waals surface area contributed by atoms with Crippen LogP contribution in [0.25, 0.3) is 0 Å². The van der Waals surface area contributed by atoms with Crippen LogP contribution in [0.4, 0.5) is 5.82 Å². The second kappa shape index (κ2) is 6.30. The summed E-state index contributed by atoms with van der Waals surface area (Å²) in [6.45, 7) is 4.08. The number of ether oxygens (including phenoxy) is 1. The molecule has 0 amide bonds. The van der Waals surface area contributed by atoms with Crippen LogP contribution < -0.4 is 10.6 Å². The SMILES string of the molecule is COC(=O)CN(c1cc(C(N)=S)ccn1)C(C)C. The third-order valence-corrected chi connectivity index (χ3v) is 2.71. The van der Waals surface area contributed by atoms with Crippen molar-refractivity contribution in [3.63, 3.8) is 0 Å². The van der Waals surface area contributed by atoms with Gasteiger partial charge in [-0.1, -0.05) is 12.2 Å². The van der Waals surface area contributed by atoms with E-state index in [0.717, 1.165) is 5.56 Å². The average Bonchev–Trinajstić information content (AvgIpc) is 2.35. The van der Waals surface area contributed by atoms with Crippen molar-refractivity contribution in [1.29, 1.82) is 0 Å². The summed E-state index contributed by atoms with van der Waals surface area (Å²) >= 11 is 4.92. The first-order valence-corrected chi connectivity index (χ1v) is 5.95. The molecule has 98 valence electrons. The Balaban J connectivity index is 3.02. The number of esters is 1. The summed E-state index contributed by atoms with van der Waals surface area (Å²) < 4.78 is 4.67. The van der Waals surface area contributed by atoms with Gasteiger partial charge < -0.3 is 15.4 Å². The van der Waals surface area contributed by atoms with Crippen LogP contribution in [-0.4, -0.2) is 35.6 Å². The summed E-state index contributed by atoms with van der Waals surface area (Å²) in [6.07, 6.45) is 1.62. The topological polar surface area (TPSA) is 68.5 Å². The highest BCUT2D eigenvalue weighted by Crippen LogP contribution is 2.15. The van der Waals surface area contributed by atoms with E-state index in [-0.39, 0.29) is 18.6 Å². The first-order chi connectivity index (χ1) is 8.45. The van der Waals surface area contributed by atoms with Crippen LogP contribution in [0.2, 0.25) is 0 Å². The Morgan fingerprint density at radius 2 is 2.28 bits per heavy atom. The van der Waals surface area contributed by atoms with Crippen molar-refractivity contribution in [2.75, 3.05) is 18.6 Å². The monoisotopic (exact) mass is 267 g/mol. The quantitative estimate of drug-likeness (QED) is 0.636. The van der Waals surface area contributed by atoms with Crippen molar-refractivity contribution >= 4 is 29.0 Å². The molecule has 18 heavy (non-hydrogen) atoms. The van der Waals surface area contributed by atoms with Gasteiger partial charge in [-0.2, -0.15) is 0 Å². The Bertz CT molecular complexity index is 449. The fourth-order valence-electron chi connectivity index (χ4n) is 1.46. The molecule has 1 aromatic rings. The van der Waals surface area contributed by atoms with E-state index in [4.69, 9.17) is 18.0 Å². The van der Waals surface area contributed by atoms with E-state index in [2.05, 4.69) is 9.72 Å². The van der Waals surface area contributed by atoms with Crippen LogP contribution in [0.5, 0.6) is 0 Å². The number of anilines is 1. The lowest BCUT2D eigenvalue weighted by Crippen LogP contribution is -2.37. The molecule has 1 aromatic heterocycles. The lowest BCUT2D eigenvalue weighted by atomic mass is 10.2. The number of rotatable bonds is 5. The summed E-state index contributed by atoms with van der Waals surface area (Å²) in [4.78, 5) is 17.7. The van der Waals surface area contributed by atoms with Crippen LogP contribution in [0.1, 0.15) is 19.4 Å². The number of carbonyl (C=O) groups is 1. The number of nitrogens with two attached hydrogens (primary N) is 1. The number of carbonyl (C=O) groups excluding carboxylic acids is 1. The molecule has 0 fully saturated rings. The lowest BCUT2D eigenvalue weighted by Gasteiger charge is -2.26. The number of methoxy groups -OCH3 is 1. The van der Waals surface area contributed by atoms with Crippen LogP contribution in [0.3, 0.4) is 0 Å². The summed E-state index contributed by atoms with van der Waals surface area (Å²) in [5.41, 5.74) is 6.31. The van der Waals surface area contributed by atoms with Crippen molar-refractivity contribution in [3.05, 3.63) is 23.9 Å². The first kappa shape index (κ1) is 14.4. The van der Waals surface area contributed by atoms with Gasteiger partial charge in [0.1, 0.15) is 17.4 Å². The molecule has 0 atom stereocenters. The molecular formula is C12H17N3O2S. The fraction of sp³-hybridized carbons (Fsp3) is 0.417. The standard InChI is InChI=1S/C12H17N3O2S/c1-8(2)15(7-11(16)17-3)10-6-9(12(13)18)4-5-14-10/h4-6,8H,7H2,1-3H3,(H2,13,18). The number of hydrogen-bond donors (Lipinski definition) is 1. The highest BCUT2D eigenvalue weighted by molar-refractivity contribution is 7.80. The highest BCUT2D eigenvalue weighted by Gasteiger charge is 2.16. The Morgan fingerprint density at radius 1 is 1.61 bits per heavy atom. The van der Waals surface area contributed by atoms with Crippen molar-refractivity contribution in [2.45, 2.75) is 19.9 Å². The molecule has 0 radical (unpaired) electrons. The van der Waals surface area contributed by atoms with Gasteiger partial charge in [0.2, 0.25) is 0 Å². The molecule has 0 aromatic carbocycles. The summed E-state index contributed by atoms with van der Waals surface area (Å²) in [5.74, 6) is 0.340. The molecule has 0 bridgehead atoms. The van der Waals surface area contributed by atoms with Crippen LogP contribution in [0, 0.1) is 0 Å². The number of nitrogens with zero attached hydrogens (tertiary/aromatic N) is 2. The normalized spacial score (nSPS) is 10.2. The van der Waals surface area contributed by atoms with E-state index in [1.54, 1.807) is 18.3 Å². The molecule has 0 spiro atoms. The van der Waals surface area contributed by atoms with E-state index >= 15 is 0 Å². The maximum Gasteiger partial charge on any atom is 0.325 e. The molecule has 1 heterocycles. The molecule has 0 saturated carbocycles. The average molecular weight is 267 g/mol. The second-order valence-corrected chi connectivity index (χ2v) is 4.50. The zero-order valence-electron chi connectivity index (χ0n) is 10.7. The van der Waals surface area contributed by atoms with Crippen molar-refractivity contribution in [1.82, 2.24) is 4.98 Å². The fourth-order valence-corrected chi connectivity index (χ4v) is 1.59. The molecule has 1 rings (SSSR count). The minimum absolute atomic E-state index is 0.109. The molecule has 6 heteroatoms. The molecule has 0 unspecified atom stereocenters. The number of aromatic nitrogens is 1. The molecule has 5 nitrogen and oxygen atoms in total. The lowest BCUT2D eigenvalue weighted by molar-refractivity contribution is -0.139. The van der Waals surface area contributed by atoms with E-state index in [0.29, 0.717) is 10.8 Å². The molecule has 0 aliphatic rings. The summed E-state index contributed by atoms with van der Waals surface area (Å²) in [7, 11) is 1.36. The Hall–Kier alpha value is -1.69. The summed E-state index contributed by atoms with van der Waals surface area (Å²) in [6, 6.07) is 3.62. The van der Waals surface area contributed by atoms with Crippen LogP contribution in [-0.2, 0) is 9.53 Å². The van der Waals surface area contributed by atoms with Gasteiger partial charge in [-0.25, -0.2) is 4.98 Å². The molecule has 0 saturated heterocycles. The third-order valence-electron chi connectivity index (χ3n) is 2.47. The van der Waals surface area contributed by atoms with E-state index in [9.17, 15) is 4.79 Å². The number of pyridine rings is 1. The van der Waals surface area contributed by atoms with Gasteiger partial charge >= 0.3 is 5.97 Å². The van der Waals surface area contributed by atoms with Crippen molar-refractivity contribution < 1.29 is 9.53 Å². The molecule has 2 N–H and O–H groups in total. The van der Waals surface area contributed by atoms with E-state index in [1.165, 1.54) is 7.11 Å². The molecular weight excluding hydrogens is 250 g/mol. The van der Waals surface area contributed by atoms with E-state index in [1.807, 2.05) is 18.7 Å². The Morgan fingerprint density at radius 3 is 2.78 bits per heavy atom. The van der Waals surface area contributed by atoms with Gasteiger partial charge in [-0.05, 0) is 26.0 Å². The van der Waals surface area contributed by atoms with Gasteiger partial charge in [0, 0.05) is 17.8 Å². The van der Waals surface area contributed by atoms with Gasteiger partial charge in [0.25, 0.3) is 0 Å². The third kappa shape index (κ3) is 3.66. The first-order valence-electron chi connectivity index (χ1n) is 5.55. The van der Waals surface area contributed by atoms with Gasteiger partial charge in [0.15, 0.2) is 0 Å². The Labute approximate surface area is 112 Å². The minimum atomic E-state index is -0.314. The largest absolute Gasteiger partial charge is 0.468 e. The number of hydrogen-bond acceptors (Lipinski definition) is 5. The van der Waals surface area contributed by atoms with E-state index < -0.39 is 0 Å². The predicted octanol–water partition coefficient (Wildman–Crippen LogP) is 1.10. The molecule has 0 aliphatic carbocycles. The highest BCUT2D eigenvalue weighted by atomic mass is 32.1. The molecule has 0 aliphatic heterocycles. The maximum atomic E-state index is 11.4. The smallest absolute Gasteiger partial charge is 0.325 e.